The molecule has 3 aromatic carbocycles. The van der Waals surface area contributed by atoms with E-state index in [1.54, 1.807) is 0 Å². The molecule has 0 bridgehead atoms. The first-order valence-corrected chi connectivity index (χ1v) is 10.1. The second-order valence-corrected chi connectivity index (χ2v) is 7.23. The number of carbonyl (C=O) groups is 1. The normalized spacial score (nSPS) is 13.2. The average Bonchev–Trinajstić information content (AvgIpc) is 3.25. The Kier molecular flexibility index (Phi) is 5.10. The molecule has 0 spiro atoms. The van der Waals surface area contributed by atoms with Gasteiger partial charge < -0.3 is 19.8 Å². The molecule has 31 heavy (non-hydrogen) atoms. The first kappa shape index (κ1) is 18.9. The first-order valence-electron chi connectivity index (χ1n) is 10.1. The number of hydrogen-bond acceptors (Lipinski definition) is 4. The molecule has 6 heteroatoms. The molecule has 0 fully saturated rings. The topological polar surface area (TPSA) is 76.2 Å². The number of nitrogens with one attached hydrogen (secondary N) is 2. The summed E-state index contributed by atoms with van der Waals surface area (Å²) >= 11 is 0. The van der Waals surface area contributed by atoms with Crippen molar-refractivity contribution in [3.8, 4) is 11.5 Å². The van der Waals surface area contributed by atoms with Gasteiger partial charge in [0.2, 0.25) is 0 Å². The minimum atomic E-state index is -0.210. The van der Waals surface area contributed by atoms with Crippen molar-refractivity contribution in [1.82, 2.24) is 15.3 Å². The molecule has 4 aromatic rings. The van der Waals surface area contributed by atoms with E-state index >= 15 is 0 Å². The maximum Gasteiger partial charge on any atom is 0.255 e. The second-order valence-electron chi connectivity index (χ2n) is 7.23. The van der Waals surface area contributed by atoms with E-state index in [-0.39, 0.29) is 5.91 Å². The summed E-state index contributed by atoms with van der Waals surface area (Å²) in [4.78, 5) is 21.1. The van der Waals surface area contributed by atoms with Crippen molar-refractivity contribution in [2.45, 2.75) is 6.54 Å². The summed E-state index contributed by atoms with van der Waals surface area (Å²) in [5.41, 5.74) is 3.99. The Balaban J connectivity index is 1.50. The molecule has 1 aliphatic heterocycles. The molecular formula is C25H21N3O3. The van der Waals surface area contributed by atoms with Gasteiger partial charge in [-0.1, -0.05) is 48.5 Å². The van der Waals surface area contributed by atoms with Crippen LogP contribution in [0.3, 0.4) is 0 Å². The van der Waals surface area contributed by atoms with E-state index in [4.69, 9.17) is 9.47 Å². The lowest BCUT2D eigenvalue weighted by Gasteiger charge is -2.18. The number of aromatic amines is 1. The summed E-state index contributed by atoms with van der Waals surface area (Å²) < 4.78 is 11.3. The molecule has 1 aliphatic rings. The molecule has 1 aromatic heterocycles. The fraction of sp³-hybridized carbons (Fsp3) is 0.120. The van der Waals surface area contributed by atoms with Crippen molar-refractivity contribution in [3.63, 3.8) is 0 Å². The van der Waals surface area contributed by atoms with Crippen molar-refractivity contribution >= 4 is 28.6 Å². The molecular weight excluding hydrogens is 390 g/mol. The zero-order chi connectivity index (χ0) is 21.0. The molecule has 2 heterocycles. The molecule has 0 atom stereocenters. The van der Waals surface area contributed by atoms with Gasteiger partial charge in [-0.3, -0.25) is 4.79 Å². The van der Waals surface area contributed by atoms with Gasteiger partial charge in [0.1, 0.15) is 19.0 Å². The summed E-state index contributed by atoms with van der Waals surface area (Å²) in [5.74, 6) is 1.69. The SMILES string of the molecule is O=C(NCc1ccccc1)C(=Cc1ccc2c(c1)OCCO2)c1nc2ccccc2[nH]1. The molecule has 0 unspecified atom stereocenters. The molecule has 0 saturated heterocycles. The van der Waals surface area contributed by atoms with Gasteiger partial charge in [0.15, 0.2) is 11.5 Å². The largest absolute Gasteiger partial charge is 0.486 e. The molecule has 0 aliphatic carbocycles. The van der Waals surface area contributed by atoms with Crippen LogP contribution in [0.5, 0.6) is 11.5 Å². The van der Waals surface area contributed by atoms with Crippen LogP contribution in [0, 0.1) is 0 Å². The van der Waals surface area contributed by atoms with Gasteiger partial charge >= 0.3 is 0 Å². The van der Waals surface area contributed by atoms with Crippen LogP contribution in [-0.2, 0) is 11.3 Å². The minimum absolute atomic E-state index is 0.210. The van der Waals surface area contributed by atoms with Crippen molar-refractivity contribution in [1.29, 1.82) is 0 Å². The summed E-state index contributed by atoms with van der Waals surface area (Å²) in [5, 5.41) is 3.00. The molecule has 1 amide bonds. The highest BCUT2D eigenvalue weighted by Crippen LogP contribution is 2.32. The number of amides is 1. The number of rotatable bonds is 5. The van der Waals surface area contributed by atoms with E-state index in [1.807, 2.05) is 78.9 Å². The number of para-hydroxylation sites is 2. The Morgan fingerprint density at radius 2 is 1.74 bits per heavy atom. The maximum absolute atomic E-state index is 13.2. The number of nitrogens with zero attached hydrogens (tertiary/aromatic N) is 1. The van der Waals surface area contributed by atoms with Crippen LogP contribution in [-0.4, -0.2) is 29.1 Å². The van der Waals surface area contributed by atoms with Crippen molar-refractivity contribution in [3.05, 3.63) is 89.7 Å². The fourth-order valence-electron chi connectivity index (χ4n) is 3.51. The van der Waals surface area contributed by atoms with Crippen molar-refractivity contribution in [2.24, 2.45) is 0 Å². The zero-order valence-electron chi connectivity index (χ0n) is 16.8. The van der Waals surface area contributed by atoms with E-state index in [0.29, 0.717) is 42.7 Å². The van der Waals surface area contributed by atoms with E-state index in [0.717, 1.165) is 22.2 Å². The third kappa shape index (κ3) is 4.14. The van der Waals surface area contributed by atoms with Crippen LogP contribution in [0.25, 0.3) is 22.7 Å². The quantitative estimate of drug-likeness (QED) is 0.483. The third-order valence-corrected chi connectivity index (χ3v) is 5.06. The van der Waals surface area contributed by atoms with Crippen LogP contribution in [0.1, 0.15) is 17.0 Å². The fourth-order valence-corrected chi connectivity index (χ4v) is 3.51. The number of imidazole rings is 1. The Morgan fingerprint density at radius 3 is 2.58 bits per heavy atom. The number of benzene rings is 3. The highest BCUT2D eigenvalue weighted by atomic mass is 16.6. The second kappa shape index (κ2) is 8.36. The van der Waals surface area contributed by atoms with Gasteiger partial charge in [-0.2, -0.15) is 0 Å². The van der Waals surface area contributed by atoms with Gasteiger partial charge in [-0.15, -0.1) is 0 Å². The molecule has 0 radical (unpaired) electrons. The number of ether oxygens (including phenoxy) is 2. The molecule has 154 valence electrons. The molecule has 6 nitrogen and oxygen atoms in total. The number of hydrogen-bond donors (Lipinski definition) is 2. The summed E-state index contributed by atoms with van der Waals surface area (Å²) in [7, 11) is 0. The van der Waals surface area contributed by atoms with E-state index in [1.165, 1.54) is 0 Å². The number of carbonyl (C=O) groups excluding carboxylic acids is 1. The highest BCUT2D eigenvalue weighted by molar-refractivity contribution is 6.23. The standard InChI is InChI=1S/C25H21N3O3/c29-25(26-16-17-6-2-1-3-7-17)19(24-27-20-8-4-5-9-21(20)28-24)14-18-10-11-22-23(15-18)31-13-12-30-22/h1-11,14-15H,12-13,16H2,(H,26,29)(H,27,28). The van der Waals surface area contributed by atoms with Gasteiger partial charge in [0.25, 0.3) is 5.91 Å². The lowest BCUT2D eigenvalue weighted by molar-refractivity contribution is -0.115. The van der Waals surface area contributed by atoms with Crippen molar-refractivity contribution in [2.75, 3.05) is 13.2 Å². The van der Waals surface area contributed by atoms with Gasteiger partial charge in [0, 0.05) is 6.54 Å². The average molecular weight is 411 g/mol. The Morgan fingerprint density at radius 1 is 0.968 bits per heavy atom. The van der Waals surface area contributed by atoms with Crippen LogP contribution in [0.15, 0.2) is 72.8 Å². The predicted molar refractivity (Wildman–Crippen MR) is 120 cm³/mol. The first-order chi connectivity index (χ1) is 15.3. The third-order valence-electron chi connectivity index (χ3n) is 5.06. The van der Waals surface area contributed by atoms with Crippen LogP contribution in [0.4, 0.5) is 0 Å². The van der Waals surface area contributed by atoms with Crippen LogP contribution < -0.4 is 14.8 Å². The minimum Gasteiger partial charge on any atom is -0.486 e. The number of aromatic nitrogens is 2. The molecule has 2 N–H and O–H groups in total. The summed E-state index contributed by atoms with van der Waals surface area (Å²) in [6, 6.07) is 23.2. The predicted octanol–water partition coefficient (Wildman–Crippen LogP) is 4.19. The van der Waals surface area contributed by atoms with Crippen LogP contribution >= 0.6 is 0 Å². The molecule has 5 rings (SSSR count). The summed E-state index contributed by atoms with van der Waals surface area (Å²) in [6.07, 6.45) is 1.82. The van der Waals surface area contributed by atoms with Gasteiger partial charge in [-0.05, 0) is 41.5 Å². The number of H-pyrrole nitrogens is 1. The van der Waals surface area contributed by atoms with Crippen molar-refractivity contribution < 1.29 is 14.3 Å². The Bertz CT molecular complexity index is 1230. The smallest absolute Gasteiger partial charge is 0.255 e. The Labute approximate surface area is 179 Å². The summed E-state index contributed by atoms with van der Waals surface area (Å²) in [6.45, 7) is 1.47. The molecule has 0 saturated carbocycles. The maximum atomic E-state index is 13.2. The van der Waals surface area contributed by atoms with Gasteiger partial charge in [0.05, 0.1) is 16.6 Å². The highest BCUT2D eigenvalue weighted by Gasteiger charge is 2.18. The van der Waals surface area contributed by atoms with E-state index in [2.05, 4.69) is 15.3 Å². The zero-order valence-corrected chi connectivity index (χ0v) is 16.8. The van der Waals surface area contributed by atoms with Gasteiger partial charge in [-0.25, -0.2) is 4.98 Å². The van der Waals surface area contributed by atoms with E-state index in [9.17, 15) is 4.79 Å². The number of fused-ring (bicyclic) bond motifs is 2. The lowest BCUT2D eigenvalue weighted by Crippen LogP contribution is -2.24. The van der Waals surface area contributed by atoms with E-state index < -0.39 is 0 Å². The monoisotopic (exact) mass is 411 g/mol. The Hall–Kier alpha value is -4.06. The van der Waals surface area contributed by atoms with Crippen LogP contribution in [0.2, 0.25) is 0 Å². The lowest BCUT2D eigenvalue weighted by atomic mass is 10.1.